The Bertz CT molecular complexity index is 869. The van der Waals surface area contributed by atoms with Crippen LogP contribution in [0, 0.1) is 0 Å². The Morgan fingerprint density at radius 3 is 2.44 bits per heavy atom. The highest BCUT2D eigenvalue weighted by atomic mass is 16.5. The van der Waals surface area contributed by atoms with Crippen LogP contribution >= 0.6 is 0 Å². The molecule has 3 N–H and O–H groups in total. The number of hydrogen-bond acceptors (Lipinski definition) is 3. The van der Waals surface area contributed by atoms with Crippen LogP contribution in [-0.2, 0) is 11.2 Å². The summed E-state index contributed by atoms with van der Waals surface area (Å²) in [6.07, 6.45) is 25.8. The number of carbonyl (C=O) groups is 1. The number of H-pyrrole nitrogens is 1. The predicted molar refractivity (Wildman–Crippen MR) is 142 cm³/mol. The number of carbonyl (C=O) groups excluding carboxylic acids is 1. The lowest BCUT2D eigenvalue weighted by atomic mass is 10.1. The van der Waals surface area contributed by atoms with Crippen LogP contribution in [0.25, 0.3) is 10.9 Å². The second-order valence-corrected chi connectivity index (χ2v) is 8.94. The molecule has 0 aliphatic carbocycles. The summed E-state index contributed by atoms with van der Waals surface area (Å²) in [5.41, 5.74) is 2.05. The van der Waals surface area contributed by atoms with E-state index < -0.39 is 0 Å². The second kappa shape index (κ2) is 17.7. The number of aromatic hydroxyl groups is 1. The molecule has 34 heavy (non-hydrogen) atoms. The summed E-state index contributed by atoms with van der Waals surface area (Å²) >= 11 is 0. The summed E-state index contributed by atoms with van der Waals surface area (Å²) in [5, 5.41) is 13.4. The van der Waals surface area contributed by atoms with Crippen molar-refractivity contribution in [3.05, 3.63) is 54.3 Å². The van der Waals surface area contributed by atoms with Gasteiger partial charge in [0.15, 0.2) is 0 Å². The van der Waals surface area contributed by atoms with Crippen molar-refractivity contribution in [2.75, 3.05) is 13.2 Å². The van der Waals surface area contributed by atoms with Crippen LogP contribution in [0.15, 0.2) is 48.7 Å². The van der Waals surface area contributed by atoms with Crippen LogP contribution in [0.3, 0.4) is 0 Å². The van der Waals surface area contributed by atoms with E-state index in [1.807, 2.05) is 12.3 Å². The van der Waals surface area contributed by atoms with E-state index in [1.165, 1.54) is 57.8 Å². The van der Waals surface area contributed by atoms with Gasteiger partial charge in [0.2, 0.25) is 0 Å². The molecule has 0 atom stereocenters. The van der Waals surface area contributed by atoms with Crippen molar-refractivity contribution in [1.82, 2.24) is 10.3 Å². The smallest absolute Gasteiger partial charge is 0.407 e. The zero-order chi connectivity index (χ0) is 24.3. The molecular weight excluding hydrogens is 424 g/mol. The highest BCUT2D eigenvalue weighted by Gasteiger charge is 2.06. The fraction of sp³-hybridized carbons (Fsp3) is 0.552. The van der Waals surface area contributed by atoms with Crippen molar-refractivity contribution in [3.8, 4) is 5.75 Å². The lowest BCUT2D eigenvalue weighted by Crippen LogP contribution is -2.26. The van der Waals surface area contributed by atoms with Crippen molar-refractivity contribution in [3.63, 3.8) is 0 Å². The molecule has 0 saturated heterocycles. The topological polar surface area (TPSA) is 74.3 Å². The maximum absolute atomic E-state index is 11.9. The molecule has 0 fully saturated rings. The first kappa shape index (κ1) is 27.6. The number of amides is 1. The highest BCUT2D eigenvalue weighted by molar-refractivity contribution is 5.84. The van der Waals surface area contributed by atoms with Gasteiger partial charge in [0.1, 0.15) is 5.75 Å². The Labute approximate surface area is 205 Å². The van der Waals surface area contributed by atoms with Gasteiger partial charge < -0.3 is 20.1 Å². The summed E-state index contributed by atoms with van der Waals surface area (Å²) in [4.78, 5) is 15.0. The Morgan fingerprint density at radius 2 is 1.68 bits per heavy atom. The maximum atomic E-state index is 11.9. The minimum Gasteiger partial charge on any atom is -0.508 e. The number of aromatic amines is 1. The molecule has 1 aromatic heterocycles. The lowest BCUT2D eigenvalue weighted by molar-refractivity contribution is 0.144. The second-order valence-electron chi connectivity index (χ2n) is 8.94. The number of fused-ring (bicyclic) bond motifs is 1. The number of phenolic OH excluding ortho intramolecular Hbond substituents is 1. The largest absolute Gasteiger partial charge is 0.508 e. The monoisotopic (exact) mass is 468 g/mol. The van der Waals surface area contributed by atoms with E-state index in [2.05, 4.69) is 41.5 Å². The number of nitrogens with one attached hydrogen (secondary N) is 2. The normalized spacial score (nSPS) is 11.7. The summed E-state index contributed by atoms with van der Waals surface area (Å²) in [7, 11) is 0. The molecule has 0 spiro atoms. The maximum Gasteiger partial charge on any atom is 0.407 e. The van der Waals surface area contributed by atoms with Gasteiger partial charge in [-0.3, -0.25) is 0 Å². The average molecular weight is 469 g/mol. The van der Waals surface area contributed by atoms with Crippen LogP contribution in [0.2, 0.25) is 0 Å². The molecule has 5 heteroatoms. The molecule has 0 unspecified atom stereocenters. The molecule has 0 saturated carbocycles. The molecule has 2 rings (SSSR count). The zero-order valence-electron chi connectivity index (χ0n) is 21.0. The molecule has 0 aliphatic heterocycles. The van der Waals surface area contributed by atoms with Crippen LogP contribution in [0.4, 0.5) is 4.79 Å². The number of allylic oxidation sites excluding steroid dienone is 4. The van der Waals surface area contributed by atoms with Crippen molar-refractivity contribution in [1.29, 1.82) is 0 Å². The number of rotatable bonds is 18. The highest BCUT2D eigenvalue weighted by Crippen LogP contribution is 2.23. The van der Waals surface area contributed by atoms with E-state index in [1.54, 1.807) is 12.1 Å². The van der Waals surface area contributed by atoms with Gasteiger partial charge in [-0.1, -0.05) is 69.8 Å². The minimum absolute atomic E-state index is 0.244. The van der Waals surface area contributed by atoms with E-state index in [9.17, 15) is 9.90 Å². The Balaban J connectivity index is 1.38. The third-order valence-electron chi connectivity index (χ3n) is 5.99. The fourth-order valence-corrected chi connectivity index (χ4v) is 3.98. The standard InChI is InChI=1S/C29H44N2O3/c1-2-3-4-5-6-7-8-9-10-11-12-13-14-15-16-17-22-34-29(33)30-21-20-25-24-31-28-19-18-26(32)23-27(25)28/h6-7,9-10,18-19,23-24,31-32H,2-5,8,11-17,20-22H2,1H3,(H,30,33)/b7-6-,10-9-. The molecular formula is C29H44N2O3. The van der Waals surface area contributed by atoms with Gasteiger partial charge >= 0.3 is 6.09 Å². The zero-order valence-corrected chi connectivity index (χ0v) is 21.0. The third-order valence-corrected chi connectivity index (χ3v) is 5.99. The summed E-state index contributed by atoms with van der Waals surface area (Å²) < 4.78 is 5.27. The number of hydrogen-bond donors (Lipinski definition) is 3. The molecule has 0 radical (unpaired) electrons. The predicted octanol–water partition coefficient (Wildman–Crippen LogP) is 7.96. The molecule has 0 bridgehead atoms. The number of alkyl carbamates (subject to hydrolysis) is 1. The minimum atomic E-state index is -0.356. The molecule has 1 amide bonds. The van der Waals surface area contributed by atoms with Crippen LogP contribution in [-0.4, -0.2) is 29.3 Å². The van der Waals surface area contributed by atoms with Gasteiger partial charge in [-0.2, -0.15) is 0 Å². The van der Waals surface area contributed by atoms with Crippen molar-refractivity contribution < 1.29 is 14.6 Å². The first-order valence-corrected chi connectivity index (χ1v) is 13.2. The Kier molecular flexibility index (Phi) is 14.4. The molecule has 1 heterocycles. The van der Waals surface area contributed by atoms with Gasteiger partial charge in [0, 0.05) is 23.6 Å². The molecule has 5 nitrogen and oxygen atoms in total. The van der Waals surface area contributed by atoms with E-state index in [0.29, 0.717) is 19.6 Å². The lowest BCUT2D eigenvalue weighted by Gasteiger charge is -2.07. The van der Waals surface area contributed by atoms with Gasteiger partial charge in [-0.05, 0) is 68.7 Å². The van der Waals surface area contributed by atoms with Crippen molar-refractivity contribution in [2.24, 2.45) is 0 Å². The van der Waals surface area contributed by atoms with Gasteiger partial charge in [0.05, 0.1) is 6.61 Å². The first-order valence-electron chi connectivity index (χ1n) is 13.2. The van der Waals surface area contributed by atoms with E-state index in [0.717, 1.165) is 35.7 Å². The van der Waals surface area contributed by atoms with Gasteiger partial charge in [0.25, 0.3) is 0 Å². The van der Waals surface area contributed by atoms with Crippen LogP contribution in [0.5, 0.6) is 5.75 Å². The summed E-state index contributed by atoms with van der Waals surface area (Å²) in [5.74, 6) is 0.244. The molecule has 0 aliphatic rings. The fourth-order valence-electron chi connectivity index (χ4n) is 3.98. The molecule has 188 valence electrons. The Morgan fingerprint density at radius 1 is 0.971 bits per heavy atom. The number of unbranched alkanes of at least 4 members (excludes halogenated alkanes) is 9. The number of benzene rings is 1. The third kappa shape index (κ3) is 12.0. The number of ether oxygens (including phenoxy) is 1. The van der Waals surface area contributed by atoms with Crippen LogP contribution < -0.4 is 5.32 Å². The summed E-state index contributed by atoms with van der Waals surface area (Å²) in [6, 6.07) is 5.25. The van der Waals surface area contributed by atoms with Crippen molar-refractivity contribution in [2.45, 2.75) is 90.4 Å². The van der Waals surface area contributed by atoms with Gasteiger partial charge in [-0.25, -0.2) is 4.79 Å². The first-order chi connectivity index (χ1) is 16.7. The van der Waals surface area contributed by atoms with E-state index >= 15 is 0 Å². The van der Waals surface area contributed by atoms with E-state index in [4.69, 9.17) is 4.74 Å². The van der Waals surface area contributed by atoms with Crippen LogP contribution in [0.1, 0.15) is 89.5 Å². The Hall–Kier alpha value is -2.69. The van der Waals surface area contributed by atoms with E-state index in [-0.39, 0.29) is 11.8 Å². The SMILES string of the molecule is CCCCC/C=C\C/C=C\CCCCCCCCOC(=O)NCCc1c[nH]c2ccc(O)cc12. The number of aromatic nitrogens is 1. The quantitative estimate of drug-likeness (QED) is 0.153. The average Bonchev–Trinajstić information content (AvgIpc) is 3.23. The summed E-state index contributed by atoms with van der Waals surface area (Å²) in [6.45, 7) is 3.22. The number of phenols is 1. The van der Waals surface area contributed by atoms with Crippen molar-refractivity contribution >= 4 is 17.0 Å². The molecule has 1 aromatic carbocycles. The molecule has 2 aromatic rings. The van der Waals surface area contributed by atoms with Gasteiger partial charge in [-0.15, -0.1) is 0 Å².